The Morgan fingerprint density at radius 1 is 1.03 bits per heavy atom. The SMILES string of the molecule is C#Cc1cccc(-c2cc(=O)n(C)c3ccc([C@](NP(=O)(O)O)(c4ccc(Cl)cc4)c4cncn4C)cc23)c1. The Kier molecular flexibility index (Phi) is 6.81. The number of fused-ring (bicyclic) bond motifs is 1. The van der Waals surface area contributed by atoms with E-state index in [4.69, 9.17) is 18.0 Å². The average molecular weight is 559 g/mol. The van der Waals surface area contributed by atoms with Gasteiger partial charge in [0.05, 0.1) is 23.7 Å². The van der Waals surface area contributed by atoms with Crippen LogP contribution in [0.3, 0.4) is 0 Å². The van der Waals surface area contributed by atoms with Crippen molar-refractivity contribution in [2.45, 2.75) is 5.54 Å². The van der Waals surface area contributed by atoms with E-state index in [1.165, 1.54) is 10.6 Å². The summed E-state index contributed by atoms with van der Waals surface area (Å²) in [5.41, 5.74) is 2.44. The molecule has 0 saturated heterocycles. The summed E-state index contributed by atoms with van der Waals surface area (Å²) in [7, 11) is -1.43. The Morgan fingerprint density at radius 2 is 1.74 bits per heavy atom. The number of aryl methyl sites for hydroxylation is 2. The molecule has 0 unspecified atom stereocenters. The van der Waals surface area contributed by atoms with Crippen molar-refractivity contribution in [1.82, 2.24) is 19.2 Å². The molecule has 2 heterocycles. The van der Waals surface area contributed by atoms with Gasteiger partial charge in [-0.15, -0.1) is 6.42 Å². The normalized spacial score (nSPS) is 13.2. The molecule has 0 saturated carbocycles. The van der Waals surface area contributed by atoms with Gasteiger partial charge in [-0.2, -0.15) is 0 Å². The van der Waals surface area contributed by atoms with Gasteiger partial charge in [-0.3, -0.25) is 4.79 Å². The summed E-state index contributed by atoms with van der Waals surface area (Å²) >= 11 is 6.18. The number of imidazole rings is 1. The second-order valence-electron chi connectivity index (χ2n) is 9.21. The van der Waals surface area contributed by atoms with Crippen LogP contribution in [0.15, 0.2) is 90.1 Å². The number of pyridine rings is 1. The van der Waals surface area contributed by atoms with E-state index < -0.39 is 13.3 Å². The molecule has 5 aromatic rings. The Morgan fingerprint density at radius 3 is 2.38 bits per heavy atom. The molecule has 3 aromatic carbocycles. The van der Waals surface area contributed by atoms with E-state index in [2.05, 4.69) is 16.0 Å². The van der Waals surface area contributed by atoms with Gasteiger partial charge in [-0.05, 0) is 58.7 Å². The molecule has 0 radical (unpaired) electrons. The maximum atomic E-state index is 12.9. The molecule has 0 amide bonds. The van der Waals surface area contributed by atoms with Crippen molar-refractivity contribution < 1.29 is 14.4 Å². The lowest BCUT2D eigenvalue weighted by atomic mass is 9.80. The van der Waals surface area contributed by atoms with Crippen LogP contribution in [0, 0.1) is 12.3 Å². The number of nitrogens with zero attached hydrogens (tertiary/aromatic N) is 3. The molecule has 8 nitrogen and oxygen atoms in total. The largest absolute Gasteiger partial charge is 0.401 e. The summed E-state index contributed by atoms with van der Waals surface area (Å²) in [4.78, 5) is 37.7. The molecule has 0 bridgehead atoms. The fourth-order valence-electron chi connectivity index (χ4n) is 5.00. The second kappa shape index (κ2) is 9.97. The van der Waals surface area contributed by atoms with Crippen LogP contribution in [0.1, 0.15) is 22.4 Å². The highest BCUT2D eigenvalue weighted by Gasteiger charge is 2.43. The molecule has 5 rings (SSSR count). The van der Waals surface area contributed by atoms with Gasteiger partial charge in [0.2, 0.25) is 0 Å². The zero-order chi connectivity index (χ0) is 27.9. The van der Waals surface area contributed by atoms with Crippen molar-refractivity contribution in [3.63, 3.8) is 0 Å². The van der Waals surface area contributed by atoms with Gasteiger partial charge in [0.15, 0.2) is 0 Å². The fraction of sp³-hybridized carbons (Fsp3) is 0.103. The minimum atomic E-state index is -4.85. The number of terminal acetylenes is 1. The smallest absolute Gasteiger partial charge is 0.335 e. The van der Waals surface area contributed by atoms with Gasteiger partial charge >= 0.3 is 7.75 Å². The molecular formula is C29H24ClN4O4P. The Labute approximate surface area is 229 Å². The highest BCUT2D eigenvalue weighted by molar-refractivity contribution is 7.49. The maximum Gasteiger partial charge on any atom is 0.401 e. The van der Waals surface area contributed by atoms with Crippen LogP contribution in [0.4, 0.5) is 0 Å². The van der Waals surface area contributed by atoms with Crippen LogP contribution in [0.25, 0.3) is 22.0 Å². The molecule has 0 aliphatic heterocycles. The summed E-state index contributed by atoms with van der Waals surface area (Å²) in [5, 5.41) is 3.76. The Bertz CT molecular complexity index is 1870. The standard InChI is InChI=1S/C29H24ClN4O4P/c1-4-19-6-5-7-20(14-19)24-16-28(35)34(3)26-13-10-22(15-25(24)26)29(32-39(36,37)38,27-17-31-18-33(27)2)21-8-11-23(30)12-9-21/h1,5-18H,2-3H3,(H3,32,36,37,38)/t29-/m1/s1. The van der Waals surface area contributed by atoms with E-state index in [0.717, 1.165) is 5.56 Å². The Balaban J connectivity index is 1.91. The molecule has 1 atom stereocenters. The van der Waals surface area contributed by atoms with Gasteiger partial charge < -0.3 is 18.9 Å². The maximum absolute atomic E-state index is 12.9. The van der Waals surface area contributed by atoms with E-state index >= 15 is 0 Å². The van der Waals surface area contributed by atoms with Gasteiger partial charge in [0, 0.05) is 36.1 Å². The van der Waals surface area contributed by atoms with Crippen molar-refractivity contribution in [3.8, 4) is 23.5 Å². The van der Waals surface area contributed by atoms with Crippen molar-refractivity contribution in [2.75, 3.05) is 0 Å². The zero-order valence-corrected chi connectivity index (χ0v) is 22.7. The van der Waals surface area contributed by atoms with Crippen LogP contribution >= 0.6 is 19.3 Å². The van der Waals surface area contributed by atoms with Crippen LogP contribution in [0.2, 0.25) is 5.02 Å². The summed E-state index contributed by atoms with van der Waals surface area (Å²) < 4.78 is 15.9. The van der Waals surface area contributed by atoms with Gasteiger partial charge in [-0.1, -0.05) is 47.9 Å². The molecule has 0 spiro atoms. The third-order valence-electron chi connectivity index (χ3n) is 6.81. The first-order chi connectivity index (χ1) is 18.5. The zero-order valence-electron chi connectivity index (χ0n) is 21.0. The third-order valence-corrected chi connectivity index (χ3v) is 7.69. The summed E-state index contributed by atoms with van der Waals surface area (Å²) in [6, 6.07) is 20.9. The van der Waals surface area contributed by atoms with E-state index in [0.29, 0.717) is 43.9 Å². The van der Waals surface area contributed by atoms with Gasteiger partial charge in [-0.25, -0.2) is 14.6 Å². The van der Waals surface area contributed by atoms with Crippen LogP contribution in [-0.2, 0) is 24.2 Å². The first kappa shape index (κ1) is 26.6. The average Bonchev–Trinajstić information content (AvgIpc) is 3.35. The lowest BCUT2D eigenvalue weighted by Crippen LogP contribution is -2.44. The summed E-state index contributed by atoms with van der Waals surface area (Å²) in [6.07, 6.45) is 8.74. The van der Waals surface area contributed by atoms with Gasteiger partial charge in [0.1, 0.15) is 5.54 Å². The third kappa shape index (κ3) is 4.83. The number of halogens is 1. The number of nitrogens with one attached hydrogen (secondary N) is 1. The summed E-state index contributed by atoms with van der Waals surface area (Å²) in [6.45, 7) is 0. The Hall–Kier alpha value is -3.96. The predicted molar refractivity (Wildman–Crippen MR) is 152 cm³/mol. The van der Waals surface area contributed by atoms with Crippen LogP contribution in [0.5, 0.6) is 0 Å². The van der Waals surface area contributed by atoms with E-state index in [9.17, 15) is 19.1 Å². The molecule has 0 aliphatic carbocycles. The molecular weight excluding hydrogens is 535 g/mol. The second-order valence-corrected chi connectivity index (χ2v) is 11.0. The lowest BCUT2D eigenvalue weighted by Gasteiger charge is -2.36. The highest BCUT2D eigenvalue weighted by Crippen LogP contribution is 2.46. The predicted octanol–water partition coefficient (Wildman–Crippen LogP) is 4.55. The quantitative estimate of drug-likeness (QED) is 0.208. The van der Waals surface area contributed by atoms with E-state index in [1.54, 1.807) is 73.7 Å². The molecule has 0 fully saturated rings. The monoisotopic (exact) mass is 558 g/mol. The molecule has 0 aliphatic rings. The fourth-order valence-corrected chi connectivity index (χ4v) is 5.93. The molecule has 2 aromatic heterocycles. The van der Waals surface area contributed by atoms with Gasteiger partial charge in [0.25, 0.3) is 5.56 Å². The van der Waals surface area contributed by atoms with E-state index in [-0.39, 0.29) is 5.56 Å². The first-order valence-electron chi connectivity index (χ1n) is 11.8. The number of rotatable bonds is 6. The van der Waals surface area contributed by atoms with Crippen molar-refractivity contribution in [2.24, 2.45) is 14.1 Å². The molecule has 196 valence electrons. The topological polar surface area (TPSA) is 109 Å². The lowest BCUT2D eigenvalue weighted by molar-refractivity contribution is 0.336. The minimum absolute atomic E-state index is 0.208. The number of aromatic nitrogens is 3. The van der Waals surface area contributed by atoms with E-state index in [1.807, 2.05) is 24.3 Å². The molecule has 10 heteroatoms. The van der Waals surface area contributed by atoms with Crippen molar-refractivity contribution in [3.05, 3.63) is 123 Å². The van der Waals surface area contributed by atoms with Crippen LogP contribution in [-0.4, -0.2) is 23.9 Å². The summed E-state index contributed by atoms with van der Waals surface area (Å²) in [5.74, 6) is 2.62. The minimum Gasteiger partial charge on any atom is -0.335 e. The number of hydrogen-bond acceptors (Lipinski definition) is 3. The molecule has 39 heavy (non-hydrogen) atoms. The van der Waals surface area contributed by atoms with Crippen molar-refractivity contribution >= 4 is 30.3 Å². The number of hydrogen-bond donors (Lipinski definition) is 3. The number of benzene rings is 3. The van der Waals surface area contributed by atoms with Crippen LogP contribution < -0.4 is 10.6 Å². The molecule has 3 N–H and O–H groups in total. The van der Waals surface area contributed by atoms with Crippen molar-refractivity contribution in [1.29, 1.82) is 0 Å². The first-order valence-corrected chi connectivity index (χ1v) is 13.8. The highest BCUT2D eigenvalue weighted by atomic mass is 35.5.